The van der Waals surface area contributed by atoms with E-state index in [1.54, 1.807) is 4.68 Å². The quantitative estimate of drug-likeness (QED) is 0.906. The van der Waals surface area contributed by atoms with Gasteiger partial charge < -0.3 is 5.11 Å². The summed E-state index contributed by atoms with van der Waals surface area (Å²) >= 11 is 3.42. The lowest BCUT2D eigenvalue weighted by Crippen LogP contribution is -2.08. The van der Waals surface area contributed by atoms with Crippen LogP contribution in [-0.2, 0) is 11.8 Å². The highest BCUT2D eigenvalue weighted by atomic mass is 79.9. The van der Waals surface area contributed by atoms with Crippen LogP contribution in [0.2, 0.25) is 0 Å². The van der Waals surface area contributed by atoms with Crippen LogP contribution in [0.25, 0.3) is 0 Å². The van der Waals surface area contributed by atoms with Crippen molar-refractivity contribution >= 4 is 21.9 Å². The van der Waals surface area contributed by atoms with Gasteiger partial charge in [0.05, 0.1) is 22.3 Å². The fraction of sp³-hybridized carbons (Fsp3) is 0.556. The van der Waals surface area contributed by atoms with E-state index in [-0.39, 0.29) is 12.3 Å². The molecule has 1 N–H and O–H groups in total. The van der Waals surface area contributed by atoms with Gasteiger partial charge in [0, 0.05) is 13.0 Å². The third kappa shape index (κ3) is 2.15. The van der Waals surface area contributed by atoms with Crippen LogP contribution >= 0.6 is 15.9 Å². The van der Waals surface area contributed by atoms with Crippen LogP contribution in [0.15, 0.2) is 4.47 Å². The first-order valence-electron chi connectivity index (χ1n) is 4.34. The topological polar surface area (TPSA) is 55.1 Å². The minimum atomic E-state index is -0.789. The standard InChI is InChI=1S/C9H13BrN2O2/c1-5(4-7(13)14)9-8(10)6(2)11-12(9)3/h5H,4H2,1-3H3,(H,13,14). The van der Waals surface area contributed by atoms with Gasteiger partial charge in [0.25, 0.3) is 0 Å². The van der Waals surface area contributed by atoms with Crippen molar-refractivity contribution < 1.29 is 9.90 Å². The molecule has 1 rings (SSSR count). The Morgan fingerprint density at radius 3 is 2.64 bits per heavy atom. The molecule has 0 amide bonds. The van der Waals surface area contributed by atoms with Gasteiger partial charge in [0.15, 0.2) is 0 Å². The number of carbonyl (C=O) groups is 1. The molecule has 1 atom stereocenters. The molecule has 0 bridgehead atoms. The molecule has 0 spiro atoms. The fourth-order valence-corrected chi connectivity index (χ4v) is 2.27. The van der Waals surface area contributed by atoms with Crippen LogP contribution in [0.1, 0.15) is 30.7 Å². The molecule has 0 aliphatic carbocycles. The average molecular weight is 261 g/mol. The number of aliphatic carboxylic acids is 1. The monoisotopic (exact) mass is 260 g/mol. The Kier molecular flexibility index (Phi) is 3.31. The first-order chi connectivity index (χ1) is 6.43. The lowest BCUT2D eigenvalue weighted by Gasteiger charge is -2.09. The summed E-state index contributed by atoms with van der Waals surface area (Å²) in [5, 5.41) is 12.9. The van der Waals surface area contributed by atoms with E-state index in [9.17, 15) is 4.79 Å². The third-order valence-corrected chi connectivity index (χ3v) is 3.12. The molecule has 0 aliphatic heterocycles. The zero-order valence-corrected chi connectivity index (χ0v) is 10.00. The average Bonchev–Trinajstić information content (AvgIpc) is 2.25. The largest absolute Gasteiger partial charge is 0.481 e. The summed E-state index contributed by atoms with van der Waals surface area (Å²) in [7, 11) is 1.82. The molecule has 1 unspecified atom stereocenters. The maximum atomic E-state index is 10.6. The van der Waals surface area contributed by atoms with E-state index in [4.69, 9.17) is 5.11 Å². The van der Waals surface area contributed by atoms with E-state index in [0.717, 1.165) is 15.9 Å². The molecule has 78 valence electrons. The zero-order valence-electron chi connectivity index (χ0n) is 8.41. The molecular formula is C9H13BrN2O2. The Bertz CT molecular complexity index is 360. The number of rotatable bonds is 3. The van der Waals surface area contributed by atoms with Gasteiger partial charge in [-0.3, -0.25) is 9.48 Å². The predicted molar refractivity (Wildman–Crippen MR) is 56.3 cm³/mol. The maximum Gasteiger partial charge on any atom is 0.304 e. The van der Waals surface area contributed by atoms with Crippen LogP contribution in [0, 0.1) is 6.92 Å². The van der Waals surface area contributed by atoms with Crippen LogP contribution in [-0.4, -0.2) is 20.9 Å². The molecule has 0 saturated heterocycles. The Balaban J connectivity index is 2.99. The van der Waals surface area contributed by atoms with Crippen molar-refractivity contribution in [1.82, 2.24) is 9.78 Å². The molecule has 5 heteroatoms. The third-order valence-electron chi connectivity index (χ3n) is 2.14. The number of hydrogen-bond acceptors (Lipinski definition) is 2. The van der Waals surface area contributed by atoms with Crippen LogP contribution in [0.4, 0.5) is 0 Å². The van der Waals surface area contributed by atoms with Crippen molar-refractivity contribution in [2.75, 3.05) is 0 Å². The number of aromatic nitrogens is 2. The van der Waals surface area contributed by atoms with Gasteiger partial charge >= 0.3 is 5.97 Å². The number of carboxylic acids is 1. The molecular weight excluding hydrogens is 248 g/mol. The number of aryl methyl sites for hydroxylation is 2. The SMILES string of the molecule is Cc1nn(C)c(C(C)CC(=O)O)c1Br. The molecule has 0 aliphatic rings. The Labute approximate surface area is 91.1 Å². The minimum Gasteiger partial charge on any atom is -0.481 e. The highest BCUT2D eigenvalue weighted by Gasteiger charge is 2.19. The van der Waals surface area contributed by atoms with Crippen LogP contribution in [0.5, 0.6) is 0 Å². The van der Waals surface area contributed by atoms with Gasteiger partial charge in [0.1, 0.15) is 0 Å². The van der Waals surface area contributed by atoms with Crippen molar-refractivity contribution in [2.24, 2.45) is 7.05 Å². The number of nitrogens with zero attached hydrogens (tertiary/aromatic N) is 2. The Hall–Kier alpha value is -0.840. The van der Waals surface area contributed by atoms with E-state index in [1.165, 1.54) is 0 Å². The van der Waals surface area contributed by atoms with E-state index >= 15 is 0 Å². The minimum absolute atomic E-state index is 0.0342. The van der Waals surface area contributed by atoms with Crippen molar-refractivity contribution in [1.29, 1.82) is 0 Å². The predicted octanol–water partition coefficient (Wildman–Crippen LogP) is 2.07. The highest BCUT2D eigenvalue weighted by Crippen LogP contribution is 2.28. The highest BCUT2D eigenvalue weighted by molar-refractivity contribution is 9.10. The summed E-state index contributed by atoms with van der Waals surface area (Å²) in [5.41, 5.74) is 1.82. The van der Waals surface area contributed by atoms with Crippen LogP contribution in [0.3, 0.4) is 0 Å². The van der Waals surface area contributed by atoms with Gasteiger partial charge in [0.2, 0.25) is 0 Å². The molecule has 0 radical (unpaired) electrons. The van der Waals surface area contributed by atoms with Gasteiger partial charge in [-0.1, -0.05) is 6.92 Å². The van der Waals surface area contributed by atoms with E-state index in [0.29, 0.717) is 0 Å². The van der Waals surface area contributed by atoms with E-state index < -0.39 is 5.97 Å². The molecule has 1 heterocycles. The first-order valence-corrected chi connectivity index (χ1v) is 5.13. The second-order valence-electron chi connectivity index (χ2n) is 3.41. The van der Waals surface area contributed by atoms with Crippen molar-refractivity contribution in [2.45, 2.75) is 26.2 Å². The molecule has 0 aromatic carbocycles. The van der Waals surface area contributed by atoms with Gasteiger partial charge in [-0.2, -0.15) is 5.10 Å². The lowest BCUT2D eigenvalue weighted by molar-refractivity contribution is -0.137. The van der Waals surface area contributed by atoms with Crippen molar-refractivity contribution in [3.8, 4) is 0 Å². The number of halogens is 1. The van der Waals surface area contributed by atoms with Gasteiger partial charge in [-0.05, 0) is 22.9 Å². The van der Waals surface area contributed by atoms with Crippen molar-refractivity contribution in [3.05, 3.63) is 15.9 Å². The van der Waals surface area contributed by atoms with Crippen LogP contribution < -0.4 is 0 Å². The van der Waals surface area contributed by atoms with E-state index in [2.05, 4.69) is 21.0 Å². The normalized spacial score (nSPS) is 12.9. The fourth-order valence-electron chi connectivity index (χ4n) is 1.54. The summed E-state index contributed by atoms with van der Waals surface area (Å²) < 4.78 is 2.64. The molecule has 14 heavy (non-hydrogen) atoms. The second-order valence-corrected chi connectivity index (χ2v) is 4.20. The molecule has 1 aromatic rings. The first kappa shape index (κ1) is 11.2. The van der Waals surface area contributed by atoms with Gasteiger partial charge in [-0.25, -0.2) is 0 Å². The molecule has 0 fully saturated rings. The number of hydrogen-bond donors (Lipinski definition) is 1. The maximum absolute atomic E-state index is 10.6. The summed E-state index contributed by atoms with van der Waals surface area (Å²) in [6.45, 7) is 3.77. The summed E-state index contributed by atoms with van der Waals surface area (Å²) in [6, 6.07) is 0. The Morgan fingerprint density at radius 1 is 1.71 bits per heavy atom. The summed E-state index contributed by atoms with van der Waals surface area (Å²) in [4.78, 5) is 10.6. The lowest BCUT2D eigenvalue weighted by atomic mass is 10.0. The molecule has 1 aromatic heterocycles. The van der Waals surface area contributed by atoms with Gasteiger partial charge in [-0.15, -0.1) is 0 Å². The molecule has 4 nitrogen and oxygen atoms in total. The van der Waals surface area contributed by atoms with E-state index in [1.807, 2.05) is 20.9 Å². The Morgan fingerprint density at radius 2 is 2.29 bits per heavy atom. The summed E-state index contributed by atoms with van der Waals surface area (Å²) in [6.07, 6.45) is 0.123. The smallest absolute Gasteiger partial charge is 0.304 e. The zero-order chi connectivity index (χ0) is 10.9. The number of carboxylic acid groups (broad SMARTS) is 1. The second kappa shape index (κ2) is 4.13. The summed E-state index contributed by atoms with van der Waals surface area (Å²) in [5.74, 6) is -0.823. The molecule has 0 saturated carbocycles. The van der Waals surface area contributed by atoms with Crippen molar-refractivity contribution in [3.63, 3.8) is 0 Å².